The predicted molar refractivity (Wildman–Crippen MR) is 86.7 cm³/mol. The molecule has 3 rings (SSSR count). The van der Waals surface area contributed by atoms with Crippen LogP contribution in [0.15, 0.2) is 42.0 Å². The van der Waals surface area contributed by atoms with Crippen LogP contribution in [0.2, 0.25) is 5.02 Å². The van der Waals surface area contributed by atoms with Crippen LogP contribution in [0, 0.1) is 5.82 Å². The van der Waals surface area contributed by atoms with Crippen LogP contribution in [0.25, 0.3) is 5.13 Å². The summed E-state index contributed by atoms with van der Waals surface area (Å²) in [4.78, 5) is 16.4. The van der Waals surface area contributed by atoms with Crippen molar-refractivity contribution >= 4 is 28.8 Å². The Morgan fingerprint density at radius 1 is 1.39 bits per heavy atom. The minimum atomic E-state index is -0.635. The molecule has 23 heavy (non-hydrogen) atoms. The standard InChI is InChI=1S/C15H12ClFN4OS/c16-11-3-1-4-12(17)13(11)14(22)18-7-5-10-9-23-15(20-10)21-8-2-6-19-21/h1-4,6,8-9H,5,7H2,(H,18,22). The summed E-state index contributed by atoms with van der Waals surface area (Å²) in [6.07, 6.45) is 4.03. The molecular formula is C15H12ClFN4OS. The van der Waals surface area contributed by atoms with Gasteiger partial charge in [-0.3, -0.25) is 4.79 Å². The summed E-state index contributed by atoms with van der Waals surface area (Å²) < 4.78 is 15.3. The maximum atomic E-state index is 13.6. The summed E-state index contributed by atoms with van der Waals surface area (Å²) in [5, 5.41) is 9.51. The number of nitrogens with zero attached hydrogens (tertiary/aromatic N) is 3. The van der Waals surface area contributed by atoms with Crippen LogP contribution in [-0.4, -0.2) is 27.2 Å². The molecule has 2 aromatic heterocycles. The second kappa shape index (κ2) is 6.89. The van der Waals surface area contributed by atoms with E-state index in [0.717, 1.165) is 10.8 Å². The Hall–Kier alpha value is -2.25. The third-order valence-corrected chi connectivity index (χ3v) is 4.29. The third-order valence-electron chi connectivity index (χ3n) is 3.10. The SMILES string of the molecule is O=C(NCCc1csc(-n2cccn2)n1)c1c(F)cccc1Cl. The van der Waals surface area contributed by atoms with E-state index in [-0.39, 0.29) is 10.6 Å². The van der Waals surface area contributed by atoms with Crippen LogP contribution in [-0.2, 0) is 6.42 Å². The number of carbonyl (C=O) groups is 1. The second-order valence-electron chi connectivity index (χ2n) is 4.67. The minimum absolute atomic E-state index is 0.0946. The Morgan fingerprint density at radius 3 is 3.00 bits per heavy atom. The number of amides is 1. The van der Waals surface area contributed by atoms with Crippen molar-refractivity contribution in [3.63, 3.8) is 0 Å². The number of hydrogen-bond acceptors (Lipinski definition) is 4. The molecule has 0 aliphatic carbocycles. The summed E-state index contributed by atoms with van der Waals surface area (Å²) in [6.45, 7) is 0.339. The van der Waals surface area contributed by atoms with Crippen LogP contribution in [0.4, 0.5) is 4.39 Å². The molecule has 1 aromatic carbocycles. The first-order valence-corrected chi connectivity index (χ1v) is 8.07. The molecule has 0 aliphatic rings. The zero-order chi connectivity index (χ0) is 16.2. The van der Waals surface area contributed by atoms with E-state index in [4.69, 9.17) is 11.6 Å². The number of thiazole rings is 1. The van der Waals surface area contributed by atoms with Gasteiger partial charge in [-0.15, -0.1) is 11.3 Å². The summed E-state index contributed by atoms with van der Waals surface area (Å²) in [7, 11) is 0. The molecule has 0 saturated heterocycles. The number of aromatic nitrogens is 3. The number of nitrogens with one attached hydrogen (secondary N) is 1. The van der Waals surface area contributed by atoms with Crippen molar-refractivity contribution < 1.29 is 9.18 Å². The van der Waals surface area contributed by atoms with E-state index in [1.54, 1.807) is 10.9 Å². The fourth-order valence-corrected chi connectivity index (χ4v) is 3.05. The van der Waals surface area contributed by atoms with Gasteiger partial charge in [0.2, 0.25) is 5.13 Å². The summed E-state index contributed by atoms with van der Waals surface area (Å²) in [6, 6.07) is 5.97. The van der Waals surface area contributed by atoms with Gasteiger partial charge in [-0.1, -0.05) is 17.7 Å². The van der Waals surface area contributed by atoms with Crippen LogP contribution in [0.3, 0.4) is 0 Å². The van der Waals surface area contributed by atoms with E-state index in [2.05, 4.69) is 15.4 Å². The number of halogens is 2. The van der Waals surface area contributed by atoms with Gasteiger partial charge >= 0.3 is 0 Å². The largest absolute Gasteiger partial charge is 0.352 e. The first-order valence-electron chi connectivity index (χ1n) is 6.82. The van der Waals surface area contributed by atoms with Crippen molar-refractivity contribution in [2.45, 2.75) is 6.42 Å². The van der Waals surface area contributed by atoms with Gasteiger partial charge in [0.15, 0.2) is 0 Å². The van der Waals surface area contributed by atoms with Gasteiger partial charge in [-0.05, 0) is 18.2 Å². The highest BCUT2D eigenvalue weighted by Crippen LogP contribution is 2.18. The van der Waals surface area contributed by atoms with E-state index in [0.29, 0.717) is 13.0 Å². The lowest BCUT2D eigenvalue weighted by Crippen LogP contribution is -2.27. The Balaban J connectivity index is 1.58. The van der Waals surface area contributed by atoms with Gasteiger partial charge in [-0.2, -0.15) is 5.10 Å². The van der Waals surface area contributed by atoms with Crippen molar-refractivity contribution in [3.8, 4) is 5.13 Å². The number of rotatable bonds is 5. The van der Waals surface area contributed by atoms with Gasteiger partial charge < -0.3 is 5.32 Å². The molecule has 0 bridgehead atoms. The Kier molecular flexibility index (Phi) is 4.68. The molecule has 8 heteroatoms. The molecule has 1 amide bonds. The highest BCUT2D eigenvalue weighted by Gasteiger charge is 2.15. The normalized spacial score (nSPS) is 10.7. The highest BCUT2D eigenvalue weighted by molar-refractivity contribution is 7.12. The second-order valence-corrected chi connectivity index (χ2v) is 5.92. The molecule has 2 heterocycles. The smallest absolute Gasteiger partial charge is 0.255 e. The fourth-order valence-electron chi connectivity index (χ4n) is 2.01. The van der Waals surface area contributed by atoms with E-state index in [1.165, 1.54) is 29.5 Å². The highest BCUT2D eigenvalue weighted by atomic mass is 35.5. The quantitative estimate of drug-likeness (QED) is 0.769. The molecule has 118 valence electrons. The van der Waals surface area contributed by atoms with Gasteiger partial charge in [-0.25, -0.2) is 14.1 Å². The van der Waals surface area contributed by atoms with E-state index in [9.17, 15) is 9.18 Å². The van der Waals surface area contributed by atoms with Crippen molar-refractivity contribution in [2.75, 3.05) is 6.54 Å². The maximum absolute atomic E-state index is 13.6. The molecule has 1 N–H and O–H groups in total. The van der Waals surface area contributed by atoms with Crippen LogP contribution < -0.4 is 5.32 Å². The third kappa shape index (κ3) is 3.57. The molecule has 3 aromatic rings. The van der Waals surface area contributed by atoms with Gasteiger partial charge in [0, 0.05) is 30.7 Å². The number of carbonyl (C=O) groups excluding carboxylic acids is 1. The lowest BCUT2D eigenvalue weighted by Gasteiger charge is -2.06. The van der Waals surface area contributed by atoms with Crippen molar-refractivity contribution in [1.82, 2.24) is 20.1 Å². The zero-order valence-electron chi connectivity index (χ0n) is 11.9. The van der Waals surface area contributed by atoms with Crippen molar-refractivity contribution in [2.24, 2.45) is 0 Å². The molecule has 0 aliphatic heterocycles. The first-order chi connectivity index (χ1) is 11.1. The molecule has 0 saturated carbocycles. The number of hydrogen-bond donors (Lipinski definition) is 1. The number of benzene rings is 1. The van der Waals surface area contributed by atoms with E-state index < -0.39 is 11.7 Å². The molecule has 0 fully saturated rings. The minimum Gasteiger partial charge on any atom is -0.352 e. The molecule has 0 radical (unpaired) electrons. The Morgan fingerprint density at radius 2 is 2.26 bits per heavy atom. The summed E-state index contributed by atoms with van der Waals surface area (Å²) in [5.41, 5.74) is 0.699. The fraction of sp³-hybridized carbons (Fsp3) is 0.133. The van der Waals surface area contributed by atoms with Crippen molar-refractivity contribution in [3.05, 3.63) is 64.1 Å². The Bertz CT molecular complexity index is 799. The summed E-state index contributed by atoms with van der Waals surface area (Å²) >= 11 is 7.32. The predicted octanol–water partition coefficient (Wildman–Crippen LogP) is 3.09. The average molecular weight is 351 g/mol. The van der Waals surface area contributed by atoms with E-state index >= 15 is 0 Å². The Labute approximate surface area is 140 Å². The lowest BCUT2D eigenvalue weighted by molar-refractivity contribution is 0.0950. The topological polar surface area (TPSA) is 59.8 Å². The first kappa shape index (κ1) is 15.6. The summed E-state index contributed by atoms with van der Waals surface area (Å²) in [5.74, 6) is -1.17. The van der Waals surface area contributed by atoms with Gasteiger partial charge in [0.1, 0.15) is 5.82 Å². The molecule has 0 unspecified atom stereocenters. The van der Waals surface area contributed by atoms with Gasteiger partial charge in [0.05, 0.1) is 16.3 Å². The average Bonchev–Trinajstić information content (AvgIpc) is 3.18. The molecule has 0 spiro atoms. The maximum Gasteiger partial charge on any atom is 0.255 e. The molecule has 0 atom stereocenters. The van der Waals surface area contributed by atoms with Gasteiger partial charge in [0.25, 0.3) is 5.91 Å². The van der Waals surface area contributed by atoms with Crippen LogP contribution in [0.1, 0.15) is 16.1 Å². The van der Waals surface area contributed by atoms with Crippen LogP contribution in [0.5, 0.6) is 0 Å². The molecular weight excluding hydrogens is 339 g/mol. The zero-order valence-corrected chi connectivity index (χ0v) is 13.4. The van der Waals surface area contributed by atoms with Crippen LogP contribution >= 0.6 is 22.9 Å². The molecule has 5 nitrogen and oxygen atoms in total. The van der Waals surface area contributed by atoms with E-state index in [1.807, 2.05) is 17.6 Å². The van der Waals surface area contributed by atoms with Crippen molar-refractivity contribution in [1.29, 1.82) is 0 Å². The monoisotopic (exact) mass is 350 g/mol. The lowest BCUT2D eigenvalue weighted by atomic mass is 10.2.